The molecular formula is C10H12N2O2S2. The van der Waals surface area contributed by atoms with Gasteiger partial charge in [0.1, 0.15) is 5.04 Å². The van der Waals surface area contributed by atoms with Crippen molar-refractivity contribution in [1.29, 1.82) is 0 Å². The summed E-state index contributed by atoms with van der Waals surface area (Å²) in [7, 11) is -1.20. The maximum atomic E-state index is 11.3. The fraction of sp³-hybridized carbons (Fsp3) is 0.300. The van der Waals surface area contributed by atoms with Crippen LogP contribution >= 0.6 is 11.8 Å². The number of hydrogen-bond acceptors (Lipinski definition) is 5. The maximum Gasteiger partial charge on any atom is 0.175 e. The van der Waals surface area contributed by atoms with Crippen LogP contribution in [0, 0.1) is 0 Å². The molecule has 2 rings (SSSR count). The SMILES string of the molecule is CN1CSC(c2ccc(S(C)(=O)=O)cc2)=N1. The molecule has 0 bridgehead atoms. The number of benzene rings is 1. The molecule has 0 fully saturated rings. The van der Waals surface area contributed by atoms with E-state index in [9.17, 15) is 8.42 Å². The monoisotopic (exact) mass is 256 g/mol. The minimum absolute atomic E-state index is 0.341. The number of rotatable bonds is 2. The van der Waals surface area contributed by atoms with Gasteiger partial charge in [-0.25, -0.2) is 8.42 Å². The molecule has 1 aliphatic heterocycles. The number of hydrogen-bond donors (Lipinski definition) is 0. The second kappa shape index (κ2) is 4.10. The van der Waals surface area contributed by atoms with E-state index in [1.807, 2.05) is 12.1 Å². The maximum absolute atomic E-state index is 11.3. The zero-order chi connectivity index (χ0) is 11.8. The Kier molecular flexibility index (Phi) is 2.94. The van der Waals surface area contributed by atoms with Gasteiger partial charge in [0.25, 0.3) is 0 Å². The molecule has 0 aliphatic carbocycles. The highest BCUT2D eigenvalue weighted by atomic mass is 32.2. The van der Waals surface area contributed by atoms with E-state index >= 15 is 0 Å². The Labute approximate surface area is 99.3 Å². The van der Waals surface area contributed by atoms with Crippen molar-refractivity contribution in [2.24, 2.45) is 5.10 Å². The molecule has 0 N–H and O–H groups in total. The van der Waals surface area contributed by atoms with E-state index in [0.29, 0.717) is 4.90 Å². The second-order valence-electron chi connectivity index (χ2n) is 3.63. The summed E-state index contributed by atoms with van der Waals surface area (Å²) in [5, 5.41) is 7.10. The fourth-order valence-electron chi connectivity index (χ4n) is 1.35. The highest BCUT2D eigenvalue weighted by Gasteiger charge is 2.14. The van der Waals surface area contributed by atoms with Gasteiger partial charge in [-0.15, -0.1) is 0 Å². The molecule has 1 aliphatic rings. The van der Waals surface area contributed by atoms with Gasteiger partial charge in [-0.2, -0.15) is 5.10 Å². The Balaban J connectivity index is 2.30. The van der Waals surface area contributed by atoms with Crippen LogP contribution in [0.15, 0.2) is 34.3 Å². The Morgan fingerprint density at radius 2 is 1.94 bits per heavy atom. The van der Waals surface area contributed by atoms with Crippen LogP contribution in [0.4, 0.5) is 0 Å². The van der Waals surface area contributed by atoms with Crippen molar-refractivity contribution in [2.75, 3.05) is 19.2 Å². The molecule has 0 saturated heterocycles. The first-order chi connectivity index (χ1) is 7.47. The van der Waals surface area contributed by atoms with Crippen molar-refractivity contribution in [1.82, 2.24) is 5.01 Å². The first-order valence-electron chi connectivity index (χ1n) is 4.70. The number of nitrogens with zero attached hydrogens (tertiary/aromatic N) is 2. The van der Waals surface area contributed by atoms with Crippen LogP contribution in [0.2, 0.25) is 0 Å². The van der Waals surface area contributed by atoms with Crippen LogP contribution in [0.5, 0.6) is 0 Å². The molecule has 1 heterocycles. The third-order valence-electron chi connectivity index (χ3n) is 2.18. The molecule has 1 aromatic carbocycles. The van der Waals surface area contributed by atoms with Crippen LogP contribution < -0.4 is 0 Å². The van der Waals surface area contributed by atoms with Crippen molar-refractivity contribution >= 4 is 26.6 Å². The van der Waals surface area contributed by atoms with Gasteiger partial charge in [0, 0.05) is 18.9 Å². The van der Waals surface area contributed by atoms with Crippen molar-refractivity contribution in [3.05, 3.63) is 29.8 Å². The van der Waals surface area contributed by atoms with E-state index in [1.54, 1.807) is 36.0 Å². The van der Waals surface area contributed by atoms with Gasteiger partial charge < -0.3 is 0 Å². The summed E-state index contributed by atoms with van der Waals surface area (Å²) in [6.07, 6.45) is 1.21. The highest BCUT2D eigenvalue weighted by molar-refractivity contribution is 8.14. The topological polar surface area (TPSA) is 49.7 Å². The average molecular weight is 256 g/mol. The molecule has 0 saturated carbocycles. The third-order valence-corrected chi connectivity index (χ3v) is 4.40. The van der Waals surface area contributed by atoms with Crippen LogP contribution in [-0.2, 0) is 9.84 Å². The lowest BCUT2D eigenvalue weighted by atomic mass is 10.2. The lowest BCUT2D eigenvalue weighted by Gasteiger charge is -2.01. The van der Waals surface area contributed by atoms with Crippen molar-refractivity contribution < 1.29 is 8.42 Å². The third kappa shape index (κ3) is 2.38. The minimum atomic E-state index is -3.11. The largest absolute Gasteiger partial charge is 0.289 e. The Morgan fingerprint density at radius 3 is 2.38 bits per heavy atom. The summed E-state index contributed by atoms with van der Waals surface area (Å²) in [5.41, 5.74) is 0.960. The molecule has 0 unspecified atom stereocenters. The van der Waals surface area contributed by atoms with Gasteiger partial charge in [-0.3, -0.25) is 5.01 Å². The second-order valence-corrected chi connectivity index (χ2v) is 6.58. The predicted molar refractivity (Wildman–Crippen MR) is 66.3 cm³/mol. The first-order valence-corrected chi connectivity index (χ1v) is 7.57. The number of sulfone groups is 1. The van der Waals surface area contributed by atoms with Crippen molar-refractivity contribution in [3.8, 4) is 0 Å². The summed E-state index contributed by atoms with van der Waals surface area (Å²) < 4.78 is 22.5. The zero-order valence-electron chi connectivity index (χ0n) is 9.04. The molecular weight excluding hydrogens is 244 g/mol. The summed E-state index contributed by atoms with van der Waals surface area (Å²) in [5.74, 6) is 0.836. The van der Waals surface area contributed by atoms with Crippen LogP contribution in [0.25, 0.3) is 0 Å². The Hall–Kier alpha value is -1.01. The van der Waals surface area contributed by atoms with Crippen LogP contribution in [0.1, 0.15) is 5.56 Å². The molecule has 1 aromatic rings. The lowest BCUT2D eigenvalue weighted by molar-refractivity contribution is 0.430. The minimum Gasteiger partial charge on any atom is -0.289 e. The summed E-state index contributed by atoms with van der Waals surface area (Å²) in [4.78, 5) is 0.341. The molecule has 0 radical (unpaired) electrons. The molecule has 4 nitrogen and oxygen atoms in total. The average Bonchev–Trinajstić information content (AvgIpc) is 2.64. The number of hydrazone groups is 1. The Bertz CT molecular complexity index is 520. The summed E-state index contributed by atoms with van der Waals surface area (Å²) in [6.45, 7) is 0. The molecule has 0 spiro atoms. The Morgan fingerprint density at radius 1 is 1.31 bits per heavy atom. The van der Waals surface area contributed by atoms with Gasteiger partial charge in [-0.1, -0.05) is 23.9 Å². The van der Waals surface area contributed by atoms with Gasteiger partial charge in [0.05, 0.1) is 10.8 Å². The van der Waals surface area contributed by atoms with E-state index in [4.69, 9.17) is 0 Å². The van der Waals surface area contributed by atoms with Gasteiger partial charge >= 0.3 is 0 Å². The van der Waals surface area contributed by atoms with Gasteiger partial charge in [-0.05, 0) is 12.1 Å². The first kappa shape index (κ1) is 11.5. The zero-order valence-corrected chi connectivity index (χ0v) is 10.7. The summed E-state index contributed by atoms with van der Waals surface area (Å²) >= 11 is 1.64. The predicted octanol–water partition coefficient (Wildman–Crippen LogP) is 1.39. The van der Waals surface area contributed by atoms with Gasteiger partial charge in [0.15, 0.2) is 9.84 Å². The normalized spacial score (nSPS) is 16.4. The summed E-state index contributed by atoms with van der Waals surface area (Å²) in [6, 6.07) is 6.82. The molecule has 6 heteroatoms. The van der Waals surface area contributed by atoms with E-state index in [-0.39, 0.29) is 0 Å². The molecule has 86 valence electrons. The highest BCUT2D eigenvalue weighted by Crippen LogP contribution is 2.22. The smallest absolute Gasteiger partial charge is 0.175 e. The quantitative estimate of drug-likeness (QED) is 0.802. The van der Waals surface area contributed by atoms with E-state index in [1.165, 1.54) is 6.26 Å². The molecule has 0 atom stereocenters. The van der Waals surface area contributed by atoms with E-state index in [0.717, 1.165) is 16.5 Å². The lowest BCUT2D eigenvalue weighted by Crippen LogP contribution is -2.02. The number of thioether (sulfide) groups is 1. The molecule has 0 amide bonds. The fourth-order valence-corrected chi connectivity index (χ4v) is 2.85. The van der Waals surface area contributed by atoms with Crippen LogP contribution in [-0.4, -0.2) is 37.7 Å². The van der Waals surface area contributed by atoms with Gasteiger partial charge in [0.2, 0.25) is 0 Å². The van der Waals surface area contributed by atoms with Crippen molar-refractivity contribution in [3.63, 3.8) is 0 Å². The standard InChI is InChI=1S/C10H12N2O2S2/c1-12-7-15-10(11-12)8-3-5-9(6-4-8)16(2,13)14/h3-6H,7H2,1-2H3. The van der Waals surface area contributed by atoms with E-state index in [2.05, 4.69) is 5.10 Å². The van der Waals surface area contributed by atoms with E-state index < -0.39 is 9.84 Å². The molecule has 16 heavy (non-hydrogen) atoms. The van der Waals surface area contributed by atoms with Crippen molar-refractivity contribution in [2.45, 2.75) is 4.90 Å². The van der Waals surface area contributed by atoms with Crippen LogP contribution in [0.3, 0.4) is 0 Å². The molecule has 0 aromatic heterocycles.